The maximum Gasteiger partial charge on any atom is 0.338 e. The Kier molecular flexibility index (Phi) is 2.44. The third-order valence-corrected chi connectivity index (χ3v) is 3.85. The van der Waals surface area contributed by atoms with Gasteiger partial charge in [-0.1, -0.05) is 17.7 Å². The zero-order valence-electron chi connectivity index (χ0n) is 9.85. The standard InChI is InChI=1S/C14H16O3/c1-8-2-4-10-11-5-3-9(15)7-13(11)17-14(16)12(10)6-8/h2,4,6,9,11,13,15H,3,5,7H2,1H3/t9-,11-,13+/m1/s1. The van der Waals surface area contributed by atoms with E-state index in [-0.39, 0.29) is 24.1 Å². The fourth-order valence-corrected chi connectivity index (χ4v) is 2.97. The highest BCUT2D eigenvalue weighted by molar-refractivity contribution is 5.92. The molecule has 0 aromatic heterocycles. The van der Waals surface area contributed by atoms with Crippen LogP contribution >= 0.6 is 0 Å². The van der Waals surface area contributed by atoms with E-state index in [1.807, 2.05) is 25.1 Å². The zero-order chi connectivity index (χ0) is 12.0. The predicted octanol–water partition coefficient (Wildman–Crippen LogP) is 2.16. The van der Waals surface area contributed by atoms with Crippen molar-refractivity contribution < 1.29 is 14.6 Å². The molecule has 1 N–H and O–H groups in total. The van der Waals surface area contributed by atoms with Crippen LogP contribution in [0.1, 0.15) is 46.7 Å². The van der Waals surface area contributed by atoms with Gasteiger partial charge in [-0.3, -0.25) is 0 Å². The van der Waals surface area contributed by atoms with Crippen LogP contribution in [0.4, 0.5) is 0 Å². The van der Waals surface area contributed by atoms with Crippen molar-refractivity contribution >= 4 is 5.97 Å². The second kappa shape index (κ2) is 3.84. The first-order valence-corrected chi connectivity index (χ1v) is 6.15. The number of esters is 1. The van der Waals surface area contributed by atoms with Crippen molar-refractivity contribution in [1.29, 1.82) is 0 Å². The summed E-state index contributed by atoms with van der Waals surface area (Å²) in [6.45, 7) is 1.98. The van der Waals surface area contributed by atoms with Gasteiger partial charge >= 0.3 is 5.97 Å². The lowest BCUT2D eigenvalue weighted by Gasteiger charge is -2.38. The Balaban J connectivity index is 2.03. The molecule has 1 saturated carbocycles. The van der Waals surface area contributed by atoms with Gasteiger partial charge < -0.3 is 9.84 Å². The largest absolute Gasteiger partial charge is 0.458 e. The van der Waals surface area contributed by atoms with Crippen LogP contribution in [0, 0.1) is 6.92 Å². The Labute approximate surface area is 100 Å². The van der Waals surface area contributed by atoms with Crippen molar-refractivity contribution in [3.8, 4) is 0 Å². The van der Waals surface area contributed by atoms with Gasteiger partial charge in [-0.25, -0.2) is 4.79 Å². The van der Waals surface area contributed by atoms with Gasteiger partial charge in [0.1, 0.15) is 6.10 Å². The molecule has 1 aliphatic carbocycles. The molecule has 3 atom stereocenters. The fourth-order valence-electron chi connectivity index (χ4n) is 2.97. The van der Waals surface area contributed by atoms with Gasteiger partial charge in [0.25, 0.3) is 0 Å². The molecule has 1 aliphatic heterocycles. The van der Waals surface area contributed by atoms with Crippen molar-refractivity contribution in [2.24, 2.45) is 0 Å². The third-order valence-electron chi connectivity index (χ3n) is 3.85. The molecule has 0 saturated heterocycles. The Morgan fingerprint density at radius 1 is 1.35 bits per heavy atom. The Hall–Kier alpha value is -1.35. The minimum atomic E-state index is -0.323. The van der Waals surface area contributed by atoms with Crippen molar-refractivity contribution in [1.82, 2.24) is 0 Å². The fraction of sp³-hybridized carbons (Fsp3) is 0.500. The van der Waals surface area contributed by atoms with Gasteiger partial charge in [0.15, 0.2) is 0 Å². The third kappa shape index (κ3) is 1.75. The van der Waals surface area contributed by atoms with E-state index in [1.165, 1.54) is 0 Å². The van der Waals surface area contributed by atoms with Gasteiger partial charge in [-0.15, -0.1) is 0 Å². The average molecular weight is 232 g/mol. The zero-order valence-corrected chi connectivity index (χ0v) is 9.85. The molecule has 0 unspecified atom stereocenters. The molecule has 1 aromatic rings. The molecule has 3 heteroatoms. The summed E-state index contributed by atoms with van der Waals surface area (Å²) in [5.74, 6) is 0.0331. The first-order chi connectivity index (χ1) is 8.15. The molecule has 3 nitrogen and oxygen atoms in total. The molecule has 17 heavy (non-hydrogen) atoms. The molecule has 0 amide bonds. The molecule has 0 radical (unpaired) electrons. The molecule has 3 rings (SSSR count). The maximum atomic E-state index is 11.9. The molecule has 0 spiro atoms. The van der Waals surface area contributed by atoms with Crippen molar-refractivity contribution in [2.75, 3.05) is 0 Å². The molecular formula is C14H16O3. The number of carbonyl (C=O) groups is 1. The van der Waals surface area contributed by atoms with Crippen molar-refractivity contribution in [2.45, 2.75) is 44.3 Å². The number of rotatable bonds is 0. The molecule has 0 bridgehead atoms. The number of hydrogen-bond acceptors (Lipinski definition) is 3. The summed E-state index contributed by atoms with van der Waals surface area (Å²) in [7, 11) is 0. The topological polar surface area (TPSA) is 46.5 Å². The molecule has 1 heterocycles. The lowest BCUT2D eigenvalue weighted by atomic mass is 9.77. The summed E-state index contributed by atoms with van der Waals surface area (Å²) in [4.78, 5) is 11.9. The Morgan fingerprint density at radius 2 is 2.18 bits per heavy atom. The minimum absolute atomic E-state index is 0.138. The smallest absolute Gasteiger partial charge is 0.338 e. The summed E-state index contributed by atoms with van der Waals surface area (Å²) >= 11 is 0. The molecule has 1 fully saturated rings. The van der Waals surface area contributed by atoms with E-state index < -0.39 is 0 Å². The van der Waals surface area contributed by atoms with Crippen LogP contribution in [-0.2, 0) is 4.74 Å². The van der Waals surface area contributed by atoms with E-state index >= 15 is 0 Å². The maximum absolute atomic E-state index is 11.9. The van der Waals surface area contributed by atoms with E-state index in [2.05, 4.69) is 0 Å². The highest BCUT2D eigenvalue weighted by Crippen LogP contribution is 2.40. The lowest BCUT2D eigenvalue weighted by Crippen LogP contribution is -2.38. The number of aliphatic hydroxyl groups excluding tert-OH is 1. The average Bonchev–Trinajstić information content (AvgIpc) is 2.29. The summed E-state index contributed by atoms with van der Waals surface area (Å²) in [6, 6.07) is 5.99. The van der Waals surface area contributed by atoms with Crippen molar-refractivity contribution in [3.05, 3.63) is 34.9 Å². The summed E-state index contributed by atoms with van der Waals surface area (Å²) < 4.78 is 5.44. The summed E-state index contributed by atoms with van der Waals surface area (Å²) in [5.41, 5.74) is 2.89. The quantitative estimate of drug-likeness (QED) is 0.697. The van der Waals surface area contributed by atoms with Gasteiger partial charge in [-0.2, -0.15) is 0 Å². The van der Waals surface area contributed by atoms with E-state index in [0.717, 1.165) is 24.0 Å². The molecule has 2 aliphatic rings. The lowest BCUT2D eigenvalue weighted by molar-refractivity contribution is -0.0181. The summed E-state index contributed by atoms with van der Waals surface area (Å²) in [6.07, 6.45) is 1.81. The van der Waals surface area contributed by atoms with Crippen molar-refractivity contribution in [3.63, 3.8) is 0 Å². The molecular weight excluding hydrogens is 216 g/mol. The monoisotopic (exact) mass is 232 g/mol. The number of fused-ring (bicyclic) bond motifs is 3. The van der Waals surface area contributed by atoms with Crippen LogP contribution in [0.2, 0.25) is 0 Å². The van der Waals surface area contributed by atoms with Crippen LogP contribution in [0.15, 0.2) is 18.2 Å². The van der Waals surface area contributed by atoms with Crippen LogP contribution in [0.3, 0.4) is 0 Å². The van der Waals surface area contributed by atoms with E-state index in [0.29, 0.717) is 12.0 Å². The normalized spacial score (nSPS) is 31.4. The van der Waals surface area contributed by atoms with E-state index in [9.17, 15) is 9.90 Å². The number of ether oxygens (including phenoxy) is 1. The van der Waals surface area contributed by atoms with Gasteiger partial charge in [-0.05, 0) is 31.4 Å². The van der Waals surface area contributed by atoms with Gasteiger partial charge in [0.05, 0.1) is 11.7 Å². The number of carbonyl (C=O) groups excluding carboxylic acids is 1. The Bertz CT molecular complexity index is 467. The number of benzene rings is 1. The van der Waals surface area contributed by atoms with Crippen LogP contribution in [-0.4, -0.2) is 23.3 Å². The SMILES string of the molecule is Cc1ccc2c(c1)C(=O)O[C@H]1C[C@H](O)CC[C@H]21. The highest BCUT2D eigenvalue weighted by Gasteiger charge is 2.39. The van der Waals surface area contributed by atoms with Crippen LogP contribution in [0.5, 0.6) is 0 Å². The Morgan fingerprint density at radius 3 is 3.00 bits per heavy atom. The van der Waals surface area contributed by atoms with E-state index in [1.54, 1.807) is 0 Å². The van der Waals surface area contributed by atoms with Gasteiger partial charge in [0.2, 0.25) is 0 Å². The molecule has 1 aromatic carbocycles. The minimum Gasteiger partial charge on any atom is -0.458 e. The number of aryl methyl sites for hydroxylation is 1. The highest BCUT2D eigenvalue weighted by atomic mass is 16.5. The van der Waals surface area contributed by atoms with Gasteiger partial charge in [0, 0.05) is 12.3 Å². The number of aliphatic hydroxyl groups is 1. The first kappa shape index (κ1) is 10.8. The molecule has 90 valence electrons. The van der Waals surface area contributed by atoms with Crippen LogP contribution < -0.4 is 0 Å². The first-order valence-electron chi connectivity index (χ1n) is 6.15. The van der Waals surface area contributed by atoms with E-state index in [4.69, 9.17) is 4.74 Å². The second-order valence-electron chi connectivity index (χ2n) is 5.11. The number of hydrogen-bond donors (Lipinski definition) is 1. The summed E-state index contributed by atoms with van der Waals surface area (Å²) in [5, 5.41) is 9.64. The predicted molar refractivity (Wildman–Crippen MR) is 63.0 cm³/mol. The van der Waals surface area contributed by atoms with Crippen LogP contribution in [0.25, 0.3) is 0 Å². The second-order valence-corrected chi connectivity index (χ2v) is 5.11.